The number of carboxylic acids is 1. The lowest BCUT2D eigenvalue weighted by atomic mass is 9.98. The average Bonchev–Trinajstić information content (AvgIpc) is 3.14. The number of aromatic nitrogens is 2. The molecule has 1 aromatic heterocycles. The molecule has 0 aliphatic heterocycles. The lowest BCUT2D eigenvalue weighted by molar-refractivity contribution is -0.137. The molecule has 0 fully saturated rings. The fourth-order valence-corrected chi connectivity index (χ4v) is 3.57. The molecule has 0 aliphatic rings. The normalized spacial score (nSPS) is 12.1. The minimum absolute atomic E-state index is 0.0715. The molecule has 1 N–H and O–H groups in total. The fourth-order valence-electron chi connectivity index (χ4n) is 3.57. The first-order valence-electron chi connectivity index (χ1n) is 10.1. The van der Waals surface area contributed by atoms with E-state index in [1.807, 2.05) is 54.1 Å². The number of aliphatic carboxylic acids is 1. The van der Waals surface area contributed by atoms with Crippen LogP contribution in [0.15, 0.2) is 72.9 Å². The Morgan fingerprint density at radius 3 is 2.58 bits per heavy atom. The van der Waals surface area contributed by atoms with Crippen LogP contribution in [0.1, 0.15) is 36.0 Å². The summed E-state index contributed by atoms with van der Waals surface area (Å²) in [5, 5.41) is 14.1. The number of carbonyl (C=O) groups is 1. The van der Waals surface area contributed by atoms with Gasteiger partial charge in [0.15, 0.2) is 0 Å². The molecule has 158 valence electrons. The van der Waals surface area contributed by atoms with Gasteiger partial charge in [0.25, 0.3) is 0 Å². The highest BCUT2D eigenvalue weighted by atomic mass is 19.1. The van der Waals surface area contributed by atoms with Crippen LogP contribution in [0.5, 0.6) is 5.75 Å². The number of nitrogens with zero attached hydrogens (tertiary/aromatic N) is 2. The van der Waals surface area contributed by atoms with Crippen LogP contribution >= 0.6 is 0 Å². The van der Waals surface area contributed by atoms with Crippen LogP contribution in [0.25, 0.3) is 10.9 Å². The summed E-state index contributed by atoms with van der Waals surface area (Å²) in [4.78, 5) is 10.9. The number of hydrogen-bond acceptors (Lipinski definition) is 3. The van der Waals surface area contributed by atoms with E-state index in [1.54, 1.807) is 24.4 Å². The van der Waals surface area contributed by atoms with Crippen molar-refractivity contribution in [2.45, 2.75) is 32.4 Å². The predicted molar refractivity (Wildman–Crippen MR) is 117 cm³/mol. The lowest BCUT2D eigenvalue weighted by Crippen LogP contribution is -2.04. The molecule has 31 heavy (non-hydrogen) atoms. The molecule has 0 radical (unpaired) electrons. The van der Waals surface area contributed by atoms with Crippen molar-refractivity contribution in [3.63, 3.8) is 0 Å². The molecule has 0 amide bonds. The van der Waals surface area contributed by atoms with Crippen LogP contribution in [0, 0.1) is 5.82 Å². The first-order valence-corrected chi connectivity index (χ1v) is 10.1. The summed E-state index contributed by atoms with van der Waals surface area (Å²) in [6.45, 7) is 2.56. The molecule has 6 heteroatoms. The standard InChI is InChI=1S/C25H23FN2O3/c1-17(11-25(29)30)19-7-9-22(10-8-19)31-16-21-13-24-20(12-23(21)26)14-27-28(24)15-18-5-3-2-4-6-18/h2-10,12-14,17H,11,15-16H2,1H3,(H,29,30). The van der Waals surface area contributed by atoms with E-state index in [4.69, 9.17) is 9.84 Å². The summed E-state index contributed by atoms with van der Waals surface area (Å²) in [6, 6.07) is 20.5. The quantitative estimate of drug-likeness (QED) is 0.417. The summed E-state index contributed by atoms with van der Waals surface area (Å²) >= 11 is 0. The maximum atomic E-state index is 14.6. The molecule has 0 bridgehead atoms. The van der Waals surface area contributed by atoms with Gasteiger partial charge in [0.1, 0.15) is 18.2 Å². The van der Waals surface area contributed by atoms with E-state index in [1.165, 1.54) is 6.07 Å². The molecule has 4 rings (SSSR count). The summed E-state index contributed by atoms with van der Waals surface area (Å²) in [5.41, 5.74) is 3.34. The Morgan fingerprint density at radius 2 is 1.87 bits per heavy atom. The second kappa shape index (κ2) is 9.00. The monoisotopic (exact) mass is 418 g/mol. The van der Waals surface area contributed by atoms with Gasteiger partial charge in [-0.2, -0.15) is 5.10 Å². The van der Waals surface area contributed by atoms with Crippen molar-refractivity contribution in [1.82, 2.24) is 9.78 Å². The van der Waals surface area contributed by atoms with Gasteiger partial charge in [0.2, 0.25) is 0 Å². The summed E-state index contributed by atoms with van der Waals surface area (Å²) in [5.74, 6) is -0.650. The maximum Gasteiger partial charge on any atom is 0.303 e. The van der Waals surface area contributed by atoms with Gasteiger partial charge in [-0.1, -0.05) is 49.4 Å². The molecule has 4 aromatic rings. The number of ether oxygens (including phenoxy) is 1. The number of fused-ring (bicyclic) bond motifs is 1. The Kier molecular flexibility index (Phi) is 5.98. The highest BCUT2D eigenvalue weighted by Gasteiger charge is 2.12. The molecular formula is C25H23FN2O3. The smallest absolute Gasteiger partial charge is 0.303 e. The zero-order valence-corrected chi connectivity index (χ0v) is 17.2. The largest absolute Gasteiger partial charge is 0.489 e. The van der Waals surface area contributed by atoms with E-state index in [-0.39, 0.29) is 24.8 Å². The van der Waals surface area contributed by atoms with E-state index >= 15 is 0 Å². The Labute approximate surface area is 179 Å². The zero-order valence-electron chi connectivity index (χ0n) is 17.2. The van der Waals surface area contributed by atoms with E-state index in [0.717, 1.165) is 22.0 Å². The first-order chi connectivity index (χ1) is 15.0. The van der Waals surface area contributed by atoms with Gasteiger partial charge >= 0.3 is 5.97 Å². The van der Waals surface area contributed by atoms with Crippen LogP contribution in [-0.4, -0.2) is 20.9 Å². The molecule has 0 aliphatic carbocycles. The van der Waals surface area contributed by atoms with E-state index in [0.29, 0.717) is 17.9 Å². The van der Waals surface area contributed by atoms with Crippen LogP contribution in [-0.2, 0) is 17.9 Å². The van der Waals surface area contributed by atoms with Crippen molar-refractivity contribution in [1.29, 1.82) is 0 Å². The topological polar surface area (TPSA) is 64.3 Å². The zero-order chi connectivity index (χ0) is 21.8. The van der Waals surface area contributed by atoms with E-state index in [9.17, 15) is 9.18 Å². The van der Waals surface area contributed by atoms with Gasteiger partial charge in [-0.3, -0.25) is 9.48 Å². The molecule has 1 unspecified atom stereocenters. The van der Waals surface area contributed by atoms with Crippen molar-refractivity contribution < 1.29 is 19.0 Å². The Hall–Kier alpha value is -3.67. The van der Waals surface area contributed by atoms with Gasteiger partial charge < -0.3 is 9.84 Å². The third kappa shape index (κ3) is 4.91. The second-order valence-electron chi connectivity index (χ2n) is 7.65. The van der Waals surface area contributed by atoms with Crippen LogP contribution in [0.2, 0.25) is 0 Å². The number of carboxylic acid groups (broad SMARTS) is 1. The van der Waals surface area contributed by atoms with Crippen LogP contribution < -0.4 is 4.74 Å². The minimum Gasteiger partial charge on any atom is -0.489 e. The van der Waals surface area contributed by atoms with Crippen molar-refractivity contribution >= 4 is 16.9 Å². The highest BCUT2D eigenvalue weighted by molar-refractivity contribution is 5.79. The number of benzene rings is 3. The van der Waals surface area contributed by atoms with Crippen molar-refractivity contribution in [3.05, 3.63) is 95.4 Å². The highest BCUT2D eigenvalue weighted by Crippen LogP contribution is 2.24. The maximum absolute atomic E-state index is 14.6. The third-order valence-corrected chi connectivity index (χ3v) is 5.31. The molecule has 3 aromatic carbocycles. The lowest BCUT2D eigenvalue weighted by Gasteiger charge is -2.12. The number of halogens is 1. The molecule has 5 nitrogen and oxygen atoms in total. The van der Waals surface area contributed by atoms with Gasteiger partial charge in [-0.15, -0.1) is 0 Å². The molecule has 0 spiro atoms. The van der Waals surface area contributed by atoms with Crippen molar-refractivity contribution in [3.8, 4) is 5.75 Å². The molecule has 0 saturated heterocycles. The number of rotatable bonds is 8. The van der Waals surface area contributed by atoms with Crippen LogP contribution in [0.3, 0.4) is 0 Å². The molecular weight excluding hydrogens is 395 g/mol. The minimum atomic E-state index is -0.829. The van der Waals surface area contributed by atoms with Gasteiger partial charge in [-0.05, 0) is 41.3 Å². The molecule has 0 saturated carbocycles. The summed E-state index contributed by atoms with van der Waals surface area (Å²) in [6.07, 6.45) is 1.74. The second-order valence-corrected chi connectivity index (χ2v) is 7.65. The predicted octanol–water partition coefficient (Wildman–Crippen LogP) is 5.38. The fraction of sp³-hybridized carbons (Fsp3) is 0.200. The van der Waals surface area contributed by atoms with E-state index in [2.05, 4.69) is 5.10 Å². The third-order valence-electron chi connectivity index (χ3n) is 5.31. The Bertz CT molecular complexity index is 1190. The molecule has 1 atom stereocenters. The Morgan fingerprint density at radius 1 is 1.13 bits per heavy atom. The van der Waals surface area contributed by atoms with Gasteiger partial charge in [-0.25, -0.2) is 4.39 Å². The van der Waals surface area contributed by atoms with E-state index < -0.39 is 5.97 Å². The number of hydrogen-bond donors (Lipinski definition) is 1. The average molecular weight is 418 g/mol. The summed E-state index contributed by atoms with van der Waals surface area (Å²) < 4.78 is 22.2. The van der Waals surface area contributed by atoms with Gasteiger partial charge in [0, 0.05) is 10.9 Å². The van der Waals surface area contributed by atoms with Crippen LogP contribution in [0.4, 0.5) is 4.39 Å². The SMILES string of the molecule is CC(CC(=O)O)c1ccc(OCc2cc3c(cnn3Cc3ccccc3)cc2F)cc1. The molecule has 1 heterocycles. The van der Waals surface area contributed by atoms with Crippen molar-refractivity contribution in [2.24, 2.45) is 0 Å². The Balaban J connectivity index is 1.48. The van der Waals surface area contributed by atoms with Crippen molar-refractivity contribution in [2.75, 3.05) is 0 Å². The first kappa shape index (κ1) is 20.6. The van der Waals surface area contributed by atoms with Gasteiger partial charge in [0.05, 0.1) is 24.7 Å². The summed E-state index contributed by atoms with van der Waals surface area (Å²) in [7, 11) is 0.